The first-order valence-electron chi connectivity index (χ1n) is 8.88. The molecule has 0 N–H and O–H groups in total. The first-order valence-corrected chi connectivity index (χ1v) is 10.3. The molecule has 0 aliphatic rings. The number of nitrogens with zero attached hydrogens (tertiary/aromatic N) is 1. The zero-order valence-electron chi connectivity index (χ0n) is 16.1. The van der Waals surface area contributed by atoms with Crippen molar-refractivity contribution in [1.29, 1.82) is 0 Å². The van der Waals surface area contributed by atoms with Crippen molar-refractivity contribution in [2.75, 3.05) is 18.5 Å². The lowest BCUT2D eigenvalue weighted by Crippen LogP contribution is -2.26. The Morgan fingerprint density at radius 3 is 2.17 bits per heavy atom. The maximum atomic E-state index is 12.7. The maximum absolute atomic E-state index is 12.7. The molecule has 0 atom stereocenters. The molecule has 0 aliphatic carbocycles. The zero-order valence-corrected chi connectivity index (χ0v) is 16.9. The number of carbonyl (C=O) groups is 1. The molecule has 7 heteroatoms. The Balaban J connectivity index is 1.69. The molecule has 0 amide bonds. The second-order valence-corrected chi connectivity index (χ2v) is 8.21. The fourth-order valence-electron chi connectivity index (χ4n) is 2.79. The second kappa shape index (κ2) is 8.79. The second-order valence-electron chi connectivity index (χ2n) is 6.24. The van der Waals surface area contributed by atoms with Crippen LogP contribution in [-0.4, -0.2) is 28.5 Å². The van der Waals surface area contributed by atoms with Gasteiger partial charge in [-0.15, -0.1) is 0 Å². The average Bonchev–Trinajstić information content (AvgIpc) is 2.74. The van der Waals surface area contributed by atoms with E-state index in [0.717, 1.165) is 5.56 Å². The SMILES string of the molecule is COc1ccccc1CC(=O)Oc1ccc(N(C)S(=O)(=O)c2ccccc2)cc1. The Bertz CT molecular complexity index is 1080. The maximum Gasteiger partial charge on any atom is 0.315 e. The number of para-hydroxylation sites is 1. The lowest BCUT2D eigenvalue weighted by atomic mass is 10.1. The molecule has 0 radical (unpaired) electrons. The molecule has 0 fully saturated rings. The molecule has 0 bridgehead atoms. The molecular formula is C22H21NO5S. The molecule has 0 aliphatic heterocycles. The number of ether oxygens (including phenoxy) is 2. The fourth-order valence-corrected chi connectivity index (χ4v) is 4.00. The van der Waals surface area contributed by atoms with Crippen LogP contribution in [0.4, 0.5) is 5.69 Å². The number of methoxy groups -OCH3 is 1. The van der Waals surface area contributed by atoms with E-state index in [1.165, 1.54) is 11.4 Å². The molecular weight excluding hydrogens is 390 g/mol. The van der Waals surface area contributed by atoms with E-state index in [9.17, 15) is 13.2 Å². The molecule has 0 heterocycles. The first-order chi connectivity index (χ1) is 13.9. The number of carbonyl (C=O) groups excluding carboxylic acids is 1. The fraction of sp³-hybridized carbons (Fsp3) is 0.136. The van der Waals surface area contributed by atoms with Crippen molar-refractivity contribution in [3.63, 3.8) is 0 Å². The van der Waals surface area contributed by atoms with Gasteiger partial charge in [-0.25, -0.2) is 8.42 Å². The van der Waals surface area contributed by atoms with Crippen LogP contribution in [0.25, 0.3) is 0 Å². The minimum absolute atomic E-state index is 0.0635. The summed E-state index contributed by atoms with van der Waals surface area (Å²) in [6.45, 7) is 0. The van der Waals surface area contributed by atoms with Crippen LogP contribution in [0.5, 0.6) is 11.5 Å². The summed E-state index contributed by atoms with van der Waals surface area (Å²) in [5, 5.41) is 0. The predicted octanol–water partition coefficient (Wildman–Crippen LogP) is 3.67. The smallest absolute Gasteiger partial charge is 0.315 e. The summed E-state index contributed by atoms with van der Waals surface area (Å²) < 4.78 is 37.2. The molecule has 3 aromatic carbocycles. The Labute approximate surface area is 170 Å². The highest BCUT2D eigenvalue weighted by Crippen LogP contribution is 2.25. The molecule has 150 valence electrons. The van der Waals surface area contributed by atoms with Crippen molar-refractivity contribution < 1.29 is 22.7 Å². The van der Waals surface area contributed by atoms with Crippen molar-refractivity contribution in [3.05, 3.63) is 84.4 Å². The van der Waals surface area contributed by atoms with Crippen LogP contribution in [0.2, 0.25) is 0 Å². The van der Waals surface area contributed by atoms with E-state index in [2.05, 4.69) is 0 Å². The number of benzene rings is 3. The molecule has 3 aromatic rings. The summed E-state index contributed by atoms with van der Waals surface area (Å²) >= 11 is 0. The van der Waals surface area contributed by atoms with E-state index in [1.54, 1.807) is 73.8 Å². The van der Waals surface area contributed by atoms with Gasteiger partial charge < -0.3 is 9.47 Å². The quantitative estimate of drug-likeness (QED) is 0.438. The van der Waals surface area contributed by atoms with Gasteiger partial charge in [0, 0.05) is 12.6 Å². The van der Waals surface area contributed by atoms with Gasteiger partial charge in [0.1, 0.15) is 11.5 Å². The van der Waals surface area contributed by atoms with E-state index in [1.807, 2.05) is 12.1 Å². The Morgan fingerprint density at radius 2 is 1.52 bits per heavy atom. The van der Waals surface area contributed by atoms with E-state index in [4.69, 9.17) is 9.47 Å². The predicted molar refractivity (Wildman–Crippen MR) is 111 cm³/mol. The van der Waals surface area contributed by atoms with Crippen LogP contribution in [0.1, 0.15) is 5.56 Å². The molecule has 0 saturated carbocycles. The van der Waals surface area contributed by atoms with E-state index in [0.29, 0.717) is 17.2 Å². The lowest BCUT2D eigenvalue weighted by Gasteiger charge is -2.19. The molecule has 0 unspecified atom stereocenters. The van der Waals surface area contributed by atoms with Gasteiger partial charge in [-0.05, 0) is 42.5 Å². The number of rotatable bonds is 7. The van der Waals surface area contributed by atoms with Crippen molar-refractivity contribution in [3.8, 4) is 11.5 Å². The van der Waals surface area contributed by atoms with Crippen LogP contribution >= 0.6 is 0 Å². The lowest BCUT2D eigenvalue weighted by molar-refractivity contribution is -0.133. The summed E-state index contributed by atoms with van der Waals surface area (Å²) in [7, 11) is -0.643. The Kier molecular flexibility index (Phi) is 6.19. The molecule has 0 saturated heterocycles. The van der Waals surface area contributed by atoms with Gasteiger partial charge in [0.05, 0.1) is 24.1 Å². The third kappa shape index (κ3) is 4.75. The van der Waals surface area contributed by atoms with Gasteiger partial charge in [0.15, 0.2) is 0 Å². The van der Waals surface area contributed by atoms with Gasteiger partial charge in [0.25, 0.3) is 10.0 Å². The highest BCUT2D eigenvalue weighted by atomic mass is 32.2. The van der Waals surface area contributed by atoms with Crippen LogP contribution in [0.15, 0.2) is 83.8 Å². The van der Waals surface area contributed by atoms with Crippen molar-refractivity contribution in [2.45, 2.75) is 11.3 Å². The Morgan fingerprint density at radius 1 is 0.897 bits per heavy atom. The molecule has 0 spiro atoms. The van der Waals surface area contributed by atoms with Gasteiger partial charge >= 0.3 is 5.97 Å². The van der Waals surface area contributed by atoms with E-state index in [-0.39, 0.29) is 11.3 Å². The van der Waals surface area contributed by atoms with Crippen LogP contribution < -0.4 is 13.8 Å². The summed E-state index contributed by atoms with van der Waals surface area (Å²) in [4.78, 5) is 12.4. The van der Waals surface area contributed by atoms with Gasteiger partial charge in [-0.3, -0.25) is 9.10 Å². The molecule has 3 rings (SSSR count). The first kappa shape index (κ1) is 20.4. The standard InChI is InChI=1S/C22H21NO5S/c1-23(29(25,26)20-9-4-3-5-10-20)18-12-14-19(15-13-18)28-22(24)16-17-8-6-7-11-21(17)27-2/h3-15H,16H2,1-2H3. The average molecular weight is 411 g/mol. The van der Waals surface area contributed by atoms with Gasteiger partial charge in [-0.2, -0.15) is 0 Å². The summed E-state index contributed by atoms with van der Waals surface area (Å²) in [5.41, 5.74) is 1.18. The van der Waals surface area contributed by atoms with E-state index < -0.39 is 16.0 Å². The van der Waals surface area contributed by atoms with Crippen LogP contribution in [0.3, 0.4) is 0 Å². The third-order valence-electron chi connectivity index (χ3n) is 4.36. The van der Waals surface area contributed by atoms with Crippen molar-refractivity contribution >= 4 is 21.7 Å². The molecule has 29 heavy (non-hydrogen) atoms. The molecule has 6 nitrogen and oxygen atoms in total. The third-order valence-corrected chi connectivity index (χ3v) is 6.16. The molecule has 0 aromatic heterocycles. The van der Waals surface area contributed by atoms with Crippen LogP contribution in [-0.2, 0) is 21.2 Å². The summed E-state index contributed by atoms with van der Waals surface area (Å²) in [6, 6.07) is 21.7. The number of hydrogen-bond acceptors (Lipinski definition) is 5. The monoisotopic (exact) mass is 411 g/mol. The van der Waals surface area contributed by atoms with E-state index >= 15 is 0 Å². The minimum Gasteiger partial charge on any atom is -0.496 e. The summed E-state index contributed by atoms with van der Waals surface area (Å²) in [5.74, 6) is 0.513. The van der Waals surface area contributed by atoms with Gasteiger partial charge in [-0.1, -0.05) is 36.4 Å². The topological polar surface area (TPSA) is 72.9 Å². The number of hydrogen-bond donors (Lipinski definition) is 0. The normalized spacial score (nSPS) is 11.0. The minimum atomic E-state index is -3.66. The van der Waals surface area contributed by atoms with Crippen molar-refractivity contribution in [1.82, 2.24) is 0 Å². The Hall–Kier alpha value is -3.32. The number of sulfonamides is 1. The zero-order chi connectivity index (χ0) is 20.9. The summed E-state index contributed by atoms with van der Waals surface area (Å²) in [6.07, 6.45) is 0.0635. The van der Waals surface area contributed by atoms with Gasteiger partial charge in [0.2, 0.25) is 0 Å². The van der Waals surface area contributed by atoms with Crippen molar-refractivity contribution in [2.24, 2.45) is 0 Å². The van der Waals surface area contributed by atoms with Crippen LogP contribution in [0, 0.1) is 0 Å². The highest BCUT2D eigenvalue weighted by Gasteiger charge is 2.21. The largest absolute Gasteiger partial charge is 0.496 e. The highest BCUT2D eigenvalue weighted by molar-refractivity contribution is 7.92. The number of anilines is 1. The number of esters is 1.